The van der Waals surface area contributed by atoms with Crippen LogP contribution in [-0.2, 0) is 30.3 Å². The zero-order valence-corrected chi connectivity index (χ0v) is 24.1. The topological polar surface area (TPSA) is 277 Å². The molecule has 19 nitrogen and oxygen atoms in total. The quantitative estimate of drug-likeness (QED) is 0.0966. The van der Waals surface area contributed by atoms with E-state index in [-0.39, 0.29) is 22.9 Å². The molecule has 0 aromatic carbocycles. The molecule has 0 bridgehead atoms. The molecule has 0 radical (unpaired) electrons. The molecule has 10 atom stereocenters. The van der Waals surface area contributed by atoms with E-state index in [0.29, 0.717) is 11.2 Å². The van der Waals surface area contributed by atoms with Crippen LogP contribution in [0.4, 0.5) is 11.8 Å². The number of nitrogens with one attached hydrogen (secondary N) is 1. The van der Waals surface area contributed by atoms with Gasteiger partial charge in [-0.1, -0.05) is 0 Å². The standard InChI is InChI=1S/C21H23N10O9PS2/c22-12-7-13(25-3-24-12)30(4-26-7)16-11-21(35)18(38-11)20(21,39-16)2-37-41(36,42)40-10-9(33)6(1-32)43-17(10)31-5-27-8-14(31)28-19(23)29-15(8)34/h3-6,9-11,16-18,32-33,35H,1-2H2,(H,36,42)(H2,22,24,25)(H3,23,28,29,34)/t6-,9-,10-,11+,16-,17-,18?,20+,21-,41?/m1/s1. The van der Waals surface area contributed by atoms with Gasteiger partial charge in [0.25, 0.3) is 5.56 Å². The lowest BCUT2D eigenvalue weighted by atomic mass is 10.1. The number of nitrogen functional groups attached to an aromatic ring is 2. The number of hydrogen-bond acceptors (Lipinski definition) is 17. The maximum atomic E-state index is 12.3. The van der Waals surface area contributed by atoms with Crippen LogP contribution in [0, 0.1) is 0 Å². The van der Waals surface area contributed by atoms with Crippen LogP contribution in [0.3, 0.4) is 0 Å². The van der Waals surface area contributed by atoms with Crippen LogP contribution in [0.1, 0.15) is 11.6 Å². The smallest absolute Gasteiger partial charge is 0.325 e. The number of imidazole rings is 2. The third-order valence-electron chi connectivity index (χ3n) is 8.30. The molecule has 228 valence electrons. The van der Waals surface area contributed by atoms with Gasteiger partial charge in [-0.05, 0) is 11.8 Å². The minimum Gasteiger partial charge on any atom is -0.395 e. The summed E-state index contributed by atoms with van der Waals surface area (Å²) >= 11 is 6.41. The monoisotopic (exact) mass is 654 g/mol. The molecule has 4 aromatic rings. The number of aliphatic hydroxyl groups excluding tert-OH is 2. The van der Waals surface area contributed by atoms with Gasteiger partial charge in [-0.3, -0.25) is 23.4 Å². The molecule has 4 aliphatic rings. The molecular formula is C21H23N10O9PS2. The SMILES string of the molecule is Nc1nc2c(ncn2[C@@H]2S[C@H](CO)[C@@H](O)[C@H]2OP(O)(=S)OC[C@]23O[C@@H](n4cnc5c(N)ncnc54)[C@@H]4OC2[C@]43O)c(=O)[nH]1. The molecule has 4 aromatic heterocycles. The Hall–Kier alpha value is -2.82. The van der Waals surface area contributed by atoms with Gasteiger partial charge in [-0.15, -0.1) is 11.8 Å². The highest BCUT2D eigenvalue weighted by Crippen LogP contribution is 2.73. The van der Waals surface area contributed by atoms with Crippen molar-refractivity contribution in [2.45, 2.75) is 52.5 Å². The lowest BCUT2D eigenvalue weighted by Crippen LogP contribution is -2.49. The first-order chi connectivity index (χ1) is 20.5. The Morgan fingerprint density at radius 3 is 2.74 bits per heavy atom. The van der Waals surface area contributed by atoms with Gasteiger partial charge in [0, 0.05) is 0 Å². The summed E-state index contributed by atoms with van der Waals surface area (Å²) in [5, 5.41) is 30.6. The van der Waals surface area contributed by atoms with Gasteiger partial charge in [0.05, 0.1) is 37.2 Å². The molecule has 0 spiro atoms. The number of fused-ring (bicyclic) bond motifs is 3. The number of H-pyrrole nitrogens is 1. The predicted molar refractivity (Wildman–Crippen MR) is 150 cm³/mol. The number of rotatable bonds is 8. The highest BCUT2D eigenvalue weighted by Gasteiger charge is 2.96. The number of aromatic amines is 1. The van der Waals surface area contributed by atoms with Gasteiger partial charge in [-0.25, -0.2) is 19.9 Å². The first-order valence-electron chi connectivity index (χ1n) is 12.8. The summed E-state index contributed by atoms with van der Waals surface area (Å²) in [6, 6.07) is 0. The third kappa shape index (κ3) is 3.69. The molecule has 4 fully saturated rings. The van der Waals surface area contributed by atoms with Crippen LogP contribution in [0.5, 0.6) is 0 Å². The van der Waals surface area contributed by atoms with Gasteiger partial charge in [0.1, 0.15) is 35.5 Å². The van der Waals surface area contributed by atoms with E-state index >= 15 is 0 Å². The molecule has 2 unspecified atom stereocenters. The summed E-state index contributed by atoms with van der Waals surface area (Å²) in [7, 11) is 0. The number of thioether (sulfide) groups is 1. The number of hydrogen-bond donors (Lipinski definition) is 7. The summed E-state index contributed by atoms with van der Waals surface area (Å²) in [6.07, 6.45) is -0.835. The lowest BCUT2D eigenvalue weighted by Gasteiger charge is -2.36. The van der Waals surface area contributed by atoms with Crippen LogP contribution in [0.25, 0.3) is 22.3 Å². The second kappa shape index (κ2) is 9.11. The maximum absolute atomic E-state index is 12.3. The Bertz CT molecular complexity index is 1910. The minimum absolute atomic E-state index is 0.00553. The number of nitrogens with two attached hydrogens (primary N) is 2. The normalized spacial score (nSPS) is 37.4. The molecule has 7 heterocycles. The largest absolute Gasteiger partial charge is 0.395 e. The van der Waals surface area contributed by atoms with Gasteiger partial charge >= 0.3 is 6.72 Å². The van der Waals surface area contributed by atoms with Crippen molar-refractivity contribution in [1.29, 1.82) is 0 Å². The van der Waals surface area contributed by atoms with Crippen LogP contribution in [0.2, 0.25) is 0 Å². The predicted octanol–water partition coefficient (Wildman–Crippen LogP) is -2.51. The summed E-state index contributed by atoms with van der Waals surface area (Å²) in [5.41, 5.74) is 9.08. The van der Waals surface area contributed by atoms with E-state index in [9.17, 15) is 25.0 Å². The van der Waals surface area contributed by atoms with Crippen molar-refractivity contribution in [3.8, 4) is 0 Å². The molecule has 22 heteroatoms. The number of nitrogens with zero attached hydrogens (tertiary/aromatic N) is 7. The van der Waals surface area contributed by atoms with Crippen molar-refractivity contribution in [2.75, 3.05) is 24.7 Å². The maximum Gasteiger partial charge on any atom is 0.325 e. The average molecular weight is 655 g/mol. The van der Waals surface area contributed by atoms with Crippen molar-refractivity contribution >= 4 is 64.4 Å². The molecule has 0 amide bonds. The summed E-state index contributed by atoms with van der Waals surface area (Å²) in [5.74, 6) is 0.0266. The van der Waals surface area contributed by atoms with Crippen LogP contribution >= 0.6 is 18.5 Å². The lowest BCUT2D eigenvalue weighted by molar-refractivity contribution is -0.235. The van der Waals surface area contributed by atoms with Gasteiger partial charge in [0.2, 0.25) is 5.95 Å². The van der Waals surface area contributed by atoms with Gasteiger partial charge < -0.3 is 45.7 Å². The molecule has 9 N–H and O–H groups in total. The van der Waals surface area contributed by atoms with Crippen molar-refractivity contribution in [1.82, 2.24) is 39.0 Å². The average Bonchev–Trinajstić information content (AvgIpc) is 3.57. The first-order valence-corrected chi connectivity index (χ1v) is 16.3. The molecule has 8 rings (SSSR count). The van der Waals surface area contributed by atoms with E-state index < -0.39 is 78.0 Å². The van der Waals surface area contributed by atoms with E-state index in [1.54, 1.807) is 4.57 Å². The van der Waals surface area contributed by atoms with Crippen LogP contribution < -0.4 is 17.0 Å². The Balaban J connectivity index is 1.03. The third-order valence-corrected chi connectivity index (χ3v) is 11.4. The highest BCUT2D eigenvalue weighted by atomic mass is 32.5. The second-order valence-electron chi connectivity index (χ2n) is 10.6. The summed E-state index contributed by atoms with van der Waals surface area (Å²) < 4.78 is 26.6. The van der Waals surface area contributed by atoms with E-state index in [1.165, 1.54) is 23.5 Å². The Morgan fingerprint density at radius 2 is 1.95 bits per heavy atom. The molecule has 3 aliphatic heterocycles. The summed E-state index contributed by atoms with van der Waals surface area (Å²) in [6.45, 7) is -4.96. The molecule has 43 heavy (non-hydrogen) atoms. The van der Waals surface area contributed by atoms with E-state index in [2.05, 4.69) is 29.9 Å². The van der Waals surface area contributed by atoms with E-state index in [4.69, 9.17) is 41.8 Å². The Kier molecular flexibility index (Phi) is 5.87. The fraction of sp³-hybridized carbons (Fsp3) is 0.524. The zero-order valence-electron chi connectivity index (χ0n) is 21.6. The van der Waals surface area contributed by atoms with E-state index in [1.807, 2.05) is 0 Å². The van der Waals surface area contributed by atoms with Crippen molar-refractivity contribution in [3.63, 3.8) is 0 Å². The minimum atomic E-state index is -4.14. The zero-order chi connectivity index (χ0) is 30.1. The molecular weight excluding hydrogens is 631 g/mol. The number of ether oxygens (including phenoxy) is 2. The molecule has 1 saturated carbocycles. The first kappa shape index (κ1) is 27.7. The fourth-order valence-electron chi connectivity index (χ4n) is 6.16. The number of aromatic nitrogens is 8. The van der Waals surface area contributed by atoms with Crippen molar-refractivity contribution in [2.24, 2.45) is 0 Å². The van der Waals surface area contributed by atoms with Crippen LogP contribution in [0.15, 0.2) is 23.8 Å². The molecule has 1 aliphatic carbocycles. The number of anilines is 2. The second-order valence-corrected chi connectivity index (χ2v) is 14.7. The van der Waals surface area contributed by atoms with Crippen LogP contribution in [-0.4, -0.2) is 113 Å². The summed E-state index contributed by atoms with van der Waals surface area (Å²) in [4.78, 5) is 46.4. The van der Waals surface area contributed by atoms with Crippen molar-refractivity contribution in [3.05, 3.63) is 29.3 Å². The Labute approximate surface area is 248 Å². The molecule has 3 saturated heterocycles. The van der Waals surface area contributed by atoms with Gasteiger partial charge in [-0.2, -0.15) is 4.98 Å². The number of aliphatic hydroxyl groups is 3. The Morgan fingerprint density at radius 1 is 1.19 bits per heavy atom. The highest BCUT2D eigenvalue weighted by molar-refractivity contribution is 8.07. The van der Waals surface area contributed by atoms with Crippen molar-refractivity contribution < 1.29 is 38.7 Å². The fourth-order valence-corrected chi connectivity index (χ4v) is 9.08. The van der Waals surface area contributed by atoms with Gasteiger partial charge in [0.15, 0.2) is 40.1 Å². The van der Waals surface area contributed by atoms with E-state index in [0.717, 1.165) is 11.8 Å².